The second kappa shape index (κ2) is 8.51. The molecule has 0 radical (unpaired) electrons. The Labute approximate surface area is 186 Å². The number of nitrogens with one attached hydrogen (secondary N) is 1. The Balaban J connectivity index is 2.07. The Morgan fingerprint density at radius 1 is 1.09 bits per heavy atom. The number of carbonyl (C=O) groups excluding carboxylic acids is 3. The summed E-state index contributed by atoms with van der Waals surface area (Å²) >= 11 is 0. The van der Waals surface area contributed by atoms with Crippen LogP contribution in [0, 0.1) is 13.8 Å². The van der Waals surface area contributed by atoms with Gasteiger partial charge in [-0.05, 0) is 57.9 Å². The molecule has 0 aromatic heterocycles. The average molecular weight is 439 g/mol. The quantitative estimate of drug-likeness (QED) is 0.549. The number of carboxylic acids is 1. The van der Waals surface area contributed by atoms with E-state index in [4.69, 9.17) is 0 Å². The molecule has 1 saturated heterocycles. The first-order valence-corrected chi connectivity index (χ1v) is 10.2. The number of para-hydroxylation sites is 2. The molecule has 3 rings (SSSR count). The van der Waals surface area contributed by atoms with Gasteiger partial charge in [-0.3, -0.25) is 10.1 Å². The minimum absolute atomic E-state index is 0.443. The van der Waals surface area contributed by atoms with Crippen molar-refractivity contribution in [2.45, 2.75) is 52.4 Å². The van der Waals surface area contributed by atoms with Crippen LogP contribution in [-0.4, -0.2) is 50.9 Å². The third-order valence-corrected chi connectivity index (χ3v) is 5.84. The molecule has 0 saturated carbocycles. The average Bonchev–Trinajstić information content (AvgIpc) is 2.93. The molecule has 0 aliphatic carbocycles. The molecule has 0 unspecified atom stereocenters. The predicted octanol–water partition coefficient (Wildman–Crippen LogP) is 2.71. The Morgan fingerprint density at radius 2 is 1.66 bits per heavy atom. The molecule has 1 fully saturated rings. The van der Waals surface area contributed by atoms with Crippen molar-refractivity contribution in [3.8, 4) is 0 Å². The van der Waals surface area contributed by atoms with Crippen LogP contribution in [0.1, 0.15) is 31.9 Å². The number of aryl methyl sites for hydroxylation is 2. The van der Waals surface area contributed by atoms with Crippen molar-refractivity contribution in [3.05, 3.63) is 59.7 Å². The van der Waals surface area contributed by atoms with Gasteiger partial charge >= 0.3 is 12.1 Å². The maximum Gasteiger partial charge on any atom is 0.347 e. The zero-order valence-corrected chi connectivity index (χ0v) is 18.7. The first-order valence-electron chi connectivity index (χ1n) is 10.2. The van der Waals surface area contributed by atoms with Gasteiger partial charge in [0.1, 0.15) is 0 Å². The number of amides is 4. The van der Waals surface area contributed by atoms with Crippen LogP contribution in [0.5, 0.6) is 0 Å². The van der Waals surface area contributed by atoms with E-state index < -0.39 is 35.8 Å². The van der Waals surface area contributed by atoms with Crippen molar-refractivity contribution in [2.75, 3.05) is 10.2 Å². The van der Waals surface area contributed by atoms with Crippen LogP contribution in [0.2, 0.25) is 0 Å². The summed E-state index contributed by atoms with van der Waals surface area (Å²) in [5.41, 5.74) is 1.18. The van der Waals surface area contributed by atoms with Gasteiger partial charge in [0.05, 0.1) is 23.2 Å². The molecule has 9 heteroatoms. The van der Waals surface area contributed by atoms with Gasteiger partial charge in [-0.15, -0.1) is 0 Å². The summed E-state index contributed by atoms with van der Waals surface area (Å²) in [6, 6.07) is 11.2. The molecule has 0 spiro atoms. The number of anilines is 2. The summed E-state index contributed by atoms with van der Waals surface area (Å²) in [5, 5.41) is 25.7. The largest absolute Gasteiger partial charge is 0.548 e. The summed E-state index contributed by atoms with van der Waals surface area (Å²) in [4.78, 5) is 40.5. The molecular formula is C23H27N4O5-. The van der Waals surface area contributed by atoms with E-state index in [-0.39, 0.29) is 0 Å². The highest BCUT2D eigenvalue weighted by Gasteiger charge is 2.57. The number of benzene rings is 2. The number of rotatable bonds is 5. The van der Waals surface area contributed by atoms with E-state index in [0.29, 0.717) is 16.4 Å². The van der Waals surface area contributed by atoms with Crippen LogP contribution in [0.3, 0.4) is 0 Å². The van der Waals surface area contributed by atoms with Crippen LogP contribution >= 0.6 is 0 Å². The fourth-order valence-corrected chi connectivity index (χ4v) is 4.15. The van der Waals surface area contributed by atoms with Crippen LogP contribution in [0.4, 0.5) is 21.0 Å². The fourth-order valence-electron chi connectivity index (χ4n) is 4.15. The number of hydroxylamine groups is 2. The van der Waals surface area contributed by atoms with Crippen LogP contribution < -0.4 is 15.3 Å². The van der Waals surface area contributed by atoms with Gasteiger partial charge in [-0.25, -0.2) is 9.59 Å². The van der Waals surface area contributed by atoms with Crippen LogP contribution in [-0.2, 0) is 4.79 Å². The van der Waals surface area contributed by atoms with Crippen molar-refractivity contribution >= 4 is 29.4 Å². The van der Waals surface area contributed by atoms with E-state index >= 15 is 0 Å². The van der Waals surface area contributed by atoms with Gasteiger partial charge in [0.25, 0.3) is 0 Å². The summed E-state index contributed by atoms with van der Waals surface area (Å²) in [5.74, 6) is -1.44. The van der Waals surface area contributed by atoms with Gasteiger partial charge in [-0.2, -0.15) is 5.06 Å². The van der Waals surface area contributed by atoms with Crippen molar-refractivity contribution in [2.24, 2.45) is 0 Å². The number of hydrogen-bond acceptors (Lipinski definition) is 5. The SMILES string of the molecule is Cc1ccccc1NC(=O)N(O)[C@H]1N(c2ccccc2C)C(=O)N([C@@H](C)C(=O)[O-])C1(C)C. The third kappa shape index (κ3) is 3.87. The molecule has 4 amide bonds. The van der Waals surface area contributed by atoms with Gasteiger partial charge in [-0.1, -0.05) is 36.4 Å². The lowest BCUT2D eigenvalue weighted by molar-refractivity contribution is -0.311. The van der Waals surface area contributed by atoms with Crippen molar-refractivity contribution in [1.29, 1.82) is 0 Å². The Morgan fingerprint density at radius 3 is 2.22 bits per heavy atom. The molecule has 1 aliphatic heterocycles. The number of carbonyl (C=O) groups is 3. The third-order valence-electron chi connectivity index (χ3n) is 5.84. The summed E-state index contributed by atoms with van der Waals surface area (Å²) in [6.45, 7) is 8.12. The molecule has 2 aromatic rings. The lowest BCUT2D eigenvalue weighted by Gasteiger charge is -2.40. The van der Waals surface area contributed by atoms with Gasteiger partial charge in [0, 0.05) is 5.69 Å². The predicted molar refractivity (Wildman–Crippen MR) is 117 cm³/mol. The van der Waals surface area contributed by atoms with Crippen molar-refractivity contribution in [3.63, 3.8) is 0 Å². The number of urea groups is 2. The highest BCUT2D eigenvalue weighted by Crippen LogP contribution is 2.40. The minimum Gasteiger partial charge on any atom is -0.548 e. The van der Waals surface area contributed by atoms with Gasteiger partial charge in [0.15, 0.2) is 6.17 Å². The maximum absolute atomic E-state index is 13.5. The molecule has 1 heterocycles. The molecule has 1 aliphatic rings. The number of nitrogens with zero attached hydrogens (tertiary/aromatic N) is 3. The monoisotopic (exact) mass is 439 g/mol. The van der Waals surface area contributed by atoms with E-state index in [9.17, 15) is 24.7 Å². The zero-order valence-electron chi connectivity index (χ0n) is 18.7. The van der Waals surface area contributed by atoms with Crippen molar-refractivity contribution < 1.29 is 24.7 Å². The van der Waals surface area contributed by atoms with E-state index in [1.165, 1.54) is 11.8 Å². The number of aliphatic carboxylic acids is 1. The lowest BCUT2D eigenvalue weighted by atomic mass is 9.98. The molecular weight excluding hydrogens is 412 g/mol. The van der Waals surface area contributed by atoms with Gasteiger partial charge < -0.3 is 20.1 Å². The smallest absolute Gasteiger partial charge is 0.347 e. The van der Waals surface area contributed by atoms with E-state index in [2.05, 4.69) is 5.32 Å². The molecule has 32 heavy (non-hydrogen) atoms. The topological polar surface area (TPSA) is 116 Å². The molecule has 2 atom stereocenters. The molecule has 2 aromatic carbocycles. The molecule has 9 nitrogen and oxygen atoms in total. The lowest BCUT2D eigenvalue weighted by Crippen LogP contribution is -2.60. The van der Waals surface area contributed by atoms with E-state index in [1.54, 1.807) is 57.2 Å². The molecule has 0 bridgehead atoms. The van der Waals surface area contributed by atoms with Gasteiger partial charge in [0.2, 0.25) is 0 Å². The van der Waals surface area contributed by atoms with Crippen LogP contribution in [0.25, 0.3) is 0 Å². The number of hydrogen-bond donors (Lipinski definition) is 2. The Bertz CT molecular complexity index is 1050. The normalized spacial score (nSPS) is 18.4. The first-order chi connectivity index (χ1) is 15.0. The fraction of sp³-hybridized carbons (Fsp3) is 0.348. The van der Waals surface area contributed by atoms with Crippen LogP contribution in [0.15, 0.2) is 48.5 Å². The number of carboxylic acid groups (broad SMARTS) is 1. The Hall–Kier alpha value is -3.59. The summed E-state index contributed by atoms with van der Waals surface area (Å²) < 4.78 is 0. The highest BCUT2D eigenvalue weighted by atomic mass is 16.5. The van der Waals surface area contributed by atoms with E-state index in [0.717, 1.165) is 16.0 Å². The first kappa shape index (κ1) is 23.1. The zero-order chi connectivity index (χ0) is 23.8. The van der Waals surface area contributed by atoms with Crippen molar-refractivity contribution in [1.82, 2.24) is 9.96 Å². The maximum atomic E-state index is 13.5. The minimum atomic E-state index is -1.44. The summed E-state index contributed by atoms with van der Waals surface area (Å²) in [6.07, 6.45) is -1.22. The summed E-state index contributed by atoms with van der Waals surface area (Å²) in [7, 11) is 0. The molecule has 2 N–H and O–H groups in total. The second-order valence-electron chi connectivity index (χ2n) is 8.42. The Kier molecular flexibility index (Phi) is 6.13. The second-order valence-corrected chi connectivity index (χ2v) is 8.42. The molecule has 170 valence electrons. The standard InChI is InChI=1S/C23H28N4O5/c1-14-10-6-8-12-17(14)24-21(30)27(32)20-23(4,5)26(16(3)19(28)29)22(31)25(20)18-13-9-7-11-15(18)2/h6-13,16,20,32H,1-5H3,(H,24,30)(H,28,29)/p-1/t16-,20+/m0/s1. The highest BCUT2D eigenvalue weighted by molar-refractivity contribution is 6.00. The van der Waals surface area contributed by atoms with E-state index in [1.807, 2.05) is 19.1 Å².